The van der Waals surface area contributed by atoms with Gasteiger partial charge in [0.15, 0.2) is 0 Å². The number of carbonyl (C=O) groups is 2. The fourth-order valence-electron chi connectivity index (χ4n) is 2.70. The Morgan fingerprint density at radius 3 is 2.75 bits per heavy atom. The van der Waals surface area contributed by atoms with Gasteiger partial charge in [0, 0.05) is 27.7 Å². The summed E-state index contributed by atoms with van der Waals surface area (Å²) >= 11 is 6.01. The van der Waals surface area contributed by atoms with Crippen molar-refractivity contribution < 1.29 is 14.7 Å². The maximum atomic E-state index is 12.9. The van der Waals surface area contributed by atoms with Crippen LogP contribution in [0.15, 0.2) is 36.5 Å². The van der Waals surface area contributed by atoms with Crippen LogP contribution in [0.1, 0.15) is 34.2 Å². The SMILES string of the molecule is CCc1ccnc(C(=O)c2[nH]c3ccc(Cl)cc3c2CC(=O)O)c1. The Kier molecular flexibility index (Phi) is 4.36. The molecule has 0 bridgehead atoms. The van der Waals surface area contributed by atoms with Gasteiger partial charge in [-0.2, -0.15) is 0 Å². The lowest BCUT2D eigenvalue weighted by Gasteiger charge is -2.04. The number of hydrogen-bond donors (Lipinski definition) is 2. The van der Waals surface area contributed by atoms with E-state index in [1.54, 1.807) is 30.5 Å². The van der Waals surface area contributed by atoms with Gasteiger partial charge in [-0.25, -0.2) is 0 Å². The lowest BCUT2D eigenvalue weighted by Crippen LogP contribution is -2.10. The summed E-state index contributed by atoms with van der Waals surface area (Å²) in [6.07, 6.45) is 2.10. The Morgan fingerprint density at radius 2 is 2.04 bits per heavy atom. The Balaban J connectivity index is 2.16. The molecular formula is C18H15ClN2O3. The highest BCUT2D eigenvalue weighted by Crippen LogP contribution is 2.27. The van der Waals surface area contributed by atoms with Crippen LogP contribution < -0.4 is 0 Å². The number of nitrogens with zero attached hydrogens (tertiary/aromatic N) is 1. The summed E-state index contributed by atoms with van der Waals surface area (Å²) in [5, 5.41) is 10.3. The van der Waals surface area contributed by atoms with Gasteiger partial charge >= 0.3 is 5.97 Å². The van der Waals surface area contributed by atoms with Gasteiger partial charge in [0.1, 0.15) is 5.69 Å². The molecule has 0 radical (unpaired) electrons. The second-order valence-electron chi connectivity index (χ2n) is 5.47. The number of carbonyl (C=O) groups excluding carboxylic acids is 1. The van der Waals surface area contributed by atoms with Crippen molar-refractivity contribution in [1.82, 2.24) is 9.97 Å². The average molecular weight is 343 g/mol. The Bertz CT molecular complexity index is 947. The monoisotopic (exact) mass is 342 g/mol. The predicted octanol–water partition coefficient (Wildman–Crippen LogP) is 3.64. The van der Waals surface area contributed by atoms with Crippen LogP contribution in [0.5, 0.6) is 0 Å². The van der Waals surface area contributed by atoms with E-state index in [2.05, 4.69) is 9.97 Å². The molecule has 0 fully saturated rings. The number of pyridine rings is 1. The molecule has 0 amide bonds. The maximum absolute atomic E-state index is 12.9. The minimum atomic E-state index is -1.01. The van der Waals surface area contributed by atoms with Crippen LogP contribution in [0.3, 0.4) is 0 Å². The molecule has 0 spiro atoms. The molecule has 3 aromatic rings. The van der Waals surface area contributed by atoms with Crippen LogP contribution in [-0.2, 0) is 17.6 Å². The second kappa shape index (κ2) is 6.45. The third-order valence-corrected chi connectivity index (χ3v) is 4.12. The number of carboxylic acids is 1. The molecule has 0 aliphatic carbocycles. The number of aliphatic carboxylic acids is 1. The number of halogens is 1. The molecule has 0 aliphatic heterocycles. The largest absolute Gasteiger partial charge is 0.481 e. The van der Waals surface area contributed by atoms with E-state index in [1.807, 2.05) is 13.0 Å². The number of nitrogens with one attached hydrogen (secondary N) is 1. The normalized spacial score (nSPS) is 10.9. The van der Waals surface area contributed by atoms with E-state index in [0.29, 0.717) is 27.2 Å². The van der Waals surface area contributed by atoms with Gasteiger partial charge in [-0.05, 0) is 42.3 Å². The molecule has 5 nitrogen and oxygen atoms in total. The van der Waals surface area contributed by atoms with Gasteiger partial charge in [0.05, 0.1) is 12.1 Å². The van der Waals surface area contributed by atoms with Gasteiger partial charge in [-0.1, -0.05) is 18.5 Å². The first-order valence-corrected chi connectivity index (χ1v) is 7.89. The van der Waals surface area contributed by atoms with E-state index in [1.165, 1.54) is 0 Å². The Hall–Kier alpha value is -2.66. The average Bonchev–Trinajstić information content (AvgIpc) is 2.91. The van der Waals surface area contributed by atoms with Crippen molar-refractivity contribution in [3.63, 3.8) is 0 Å². The van der Waals surface area contributed by atoms with Crippen molar-refractivity contribution in [1.29, 1.82) is 0 Å². The summed E-state index contributed by atoms with van der Waals surface area (Å²) in [7, 11) is 0. The summed E-state index contributed by atoms with van der Waals surface area (Å²) in [5.74, 6) is -1.34. The summed E-state index contributed by atoms with van der Waals surface area (Å²) in [6, 6.07) is 8.66. The third-order valence-electron chi connectivity index (χ3n) is 3.89. The molecule has 2 aromatic heterocycles. The molecule has 3 rings (SSSR count). The van der Waals surface area contributed by atoms with E-state index < -0.39 is 5.97 Å². The van der Waals surface area contributed by atoms with Crippen molar-refractivity contribution in [2.45, 2.75) is 19.8 Å². The van der Waals surface area contributed by atoms with Crippen LogP contribution >= 0.6 is 11.6 Å². The molecule has 2 N–H and O–H groups in total. The van der Waals surface area contributed by atoms with E-state index in [-0.39, 0.29) is 17.9 Å². The third kappa shape index (κ3) is 3.03. The summed E-state index contributed by atoms with van der Waals surface area (Å²) in [6.45, 7) is 1.99. The topological polar surface area (TPSA) is 83.0 Å². The molecule has 0 saturated heterocycles. The van der Waals surface area contributed by atoms with E-state index in [9.17, 15) is 14.7 Å². The van der Waals surface area contributed by atoms with Crippen molar-refractivity contribution in [3.8, 4) is 0 Å². The molecule has 2 heterocycles. The number of fused-ring (bicyclic) bond motifs is 1. The molecule has 122 valence electrons. The quantitative estimate of drug-likeness (QED) is 0.693. The molecule has 0 saturated carbocycles. The number of carboxylic acid groups (broad SMARTS) is 1. The van der Waals surface area contributed by atoms with Crippen molar-refractivity contribution in [2.75, 3.05) is 0 Å². The maximum Gasteiger partial charge on any atom is 0.307 e. The number of rotatable bonds is 5. The van der Waals surface area contributed by atoms with Crippen molar-refractivity contribution in [3.05, 3.63) is 64.1 Å². The fraction of sp³-hybridized carbons (Fsp3) is 0.167. The van der Waals surface area contributed by atoms with Crippen LogP contribution in [0.25, 0.3) is 10.9 Å². The lowest BCUT2D eigenvalue weighted by atomic mass is 10.0. The van der Waals surface area contributed by atoms with Crippen LogP contribution in [0.2, 0.25) is 5.02 Å². The minimum absolute atomic E-state index is 0.246. The van der Waals surface area contributed by atoms with Crippen LogP contribution in [0, 0.1) is 0 Å². The minimum Gasteiger partial charge on any atom is -0.481 e. The highest BCUT2D eigenvalue weighted by Gasteiger charge is 2.22. The number of benzene rings is 1. The van der Waals surface area contributed by atoms with Gasteiger partial charge in [0.2, 0.25) is 5.78 Å². The van der Waals surface area contributed by atoms with Gasteiger partial charge in [0.25, 0.3) is 0 Å². The van der Waals surface area contributed by atoms with Gasteiger partial charge in [-0.3, -0.25) is 14.6 Å². The number of ketones is 1. The second-order valence-corrected chi connectivity index (χ2v) is 5.91. The first kappa shape index (κ1) is 16.2. The molecule has 0 atom stereocenters. The number of aromatic nitrogens is 2. The number of aromatic amines is 1. The first-order chi connectivity index (χ1) is 11.5. The summed E-state index contributed by atoms with van der Waals surface area (Å²) in [4.78, 5) is 31.2. The van der Waals surface area contributed by atoms with Gasteiger partial charge in [-0.15, -0.1) is 0 Å². The lowest BCUT2D eigenvalue weighted by molar-refractivity contribution is -0.136. The number of hydrogen-bond acceptors (Lipinski definition) is 3. The summed E-state index contributed by atoms with van der Waals surface area (Å²) in [5.41, 5.74) is 2.63. The molecule has 1 aromatic carbocycles. The zero-order valence-corrected chi connectivity index (χ0v) is 13.7. The van der Waals surface area contributed by atoms with Crippen molar-refractivity contribution >= 4 is 34.3 Å². The molecular weight excluding hydrogens is 328 g/mol. The zero-order chi connectivity index (χ0) is 17.3. The van der Waals surface area contributed by atoms with E-state index >= 15 is 0 Å². The predicted molar refractivity (Wildman–Crippen MR) is 91.7 cm³/mol. The van der Waals surface area contributed by atoms with Crippen LogP contribution in [-0.4, -0.2) is 26.8 Å². The highest BCUT2D eigenvalue weighted by atomic mass is 35.5. The van der Waals surface area contributed by atoms with Crippen LogP contribution in [0.4, 0.5) is 0 Å². The Morgan fingerprint density at radius 1 is 1.25 bits per heavy atom. The summed E-state index contributed by atoms with van der Waals surface area (Å²) < 4.78 is 0. The smallest absolute Gasteiger partial charge is 0.307 e. The Labute approximate surface area is 143 Å². The number of H-pyrrole nitrogens is 1. The van der Waals surface area contributed by atoms with E-state index in [4.69, 9.17) is 11.6 Å². The molecule has 0 unspecified atom stereocenters. The highest BCUT2D eigenvalue weighted by molar-refractivity contribution is 6.31. The van der Waals surface area contributed by atoms with Gasteiger partial charge < -0.3 is 10.1 Å². The molecule has 24 heavy (non-hydrogen) atoms. The molecule has 0 aliphatic rings. The number of aryl methyl sites for hydroxylation is 1. The van der Waals surface area contributed by atoms with E-state index in [0.717, 1.165) is 12.0 Å². The van der Waals surface area contributed by atoms with Crippen molar-refractivity contribution in [2.24, 2.45) is 0 Å². The molecule has 6 heteroatoms. The first-order valence-electron chi connectivity index (χ1n) is 7.51. The standard InChI is InChI=1S/C18H15ClN2O3/c1-2-10-5-6-20-15(7-10)18(24)17-13(9-16(22)23)12-8-11(19)3-4-14(12)21-17/h3-8,21H,2,9H2,1H3,(H,22,23). The fourth-order valence-corrected chi connectivity index (χ4v) is 2.87. The zero-order valence-electron chi connectivity index (χ0n) is 13.0.